The summed E-state index contributed by atoms with van der Waals surface area (Å²) in [5, 5.41) is 54.3. The van der Waals surface area contributed by atoms with Gasteiger partial charge in [0.1, 0.15) is 11.4 Å². The van der Waals surface area contributed by atoms with Crippen molar-refractivity contribution in [1.82, 2.24) is 0 Å². The summed E-state index contributed by atoms with van der Waals surface area (Å²) < 4.78 is 0. The minimum absolute atomic E-state index is 0.0763. The van der Waals surface area contributed by atoms with Crippen LogP contribution in [0.4, 0.5) is 28.4 Å². The zero-order valence-corrected chi connectivity index (χ0v) is 18.7. The van der Waals surface area contributed by atoms with E-state index in [0.717, 1.165) is 18.2 Å². The molecular weight excluding hydrogens is 494 g/mol. The van der Waals surface area contributed by atoms with Crippen molar-refractivity contribution in [3.8, 4) is 11.5 Å². The van der Waals surface area contributed by atoms with Gasteiger partial charge in [0.15, 0.2) is 5.75 Å². The van der Waals surface area contributed by atoms with Gasteiger partial charge in [0.2, 0.25) is 5.75 Å². The number of halogens is 1. The molecule has 0 bridgehead atoms. The van der Waals surface area contributed by atoms with Crippen molar-refractivity contribution >= 4 is 56.7 Å². The third kappa shape index (κ3) is 4.74. The molecule has 0 saturated heterocycles. The Balaban J connectivity index is 1.79. The van der Waals surface area contributed by atoms with Crippen molar-refractivity contribution < 1.29 is 24.9 Å². The zero-order valence-electron chi connectivity index (χ0n) is 18.0. The van der Waals surface area contributed by atoms with Gasteiger partial charge in [-0.25, -0.2) is 0 Å². The second kappa shape index (κ2) is 9.64. The first-order valence-electron chi connectivity index (χ1n) is 10.0. The van der Waals surface area contributed by atoms with E-state index in [-0.39, 0.29) is 33.3 Å². The molecule has 4 aromatic carbocycles. The first kappa shape index (κ1) is 24.0. The molecule has 0 saturated carbocycles. The van der Waals surface area contributed by atoms with Crippen LogP contribution in [0.2, 0.25) is 5.02 Å². The number of carbonyl (C=O) groups excluding carboxylic acids is 1. The van der Waals surface area contributed by atoms with E-state index in [9.17, 15) is 35.2 Å². The molecule has 36 heavy (non-hydrogen) atoms. The summed E-state index contributed by atoms with van der Waals surface area (Å²) in [5.41, 5.74) is -1.49. The maximum atomic E-state index is 13.0. The number of nitro benzene ring substituents is 2. The van der Waals surface area contributed by atoms with Gasteiger partial charge >= 0.3 is 5.69 Å². The number of carbonyl (C=O) groups is 1. The van der Waals surface area contributed by atoms with Gasteiger partial charge in [0.25, 0.3) is 11.6 Å². The Morgan fingerprint density at radius 2 is 1.64 bits per heavy atom. The van der Waals surface area contributed by atoms with E-state index in [1.54, 1.807) is 24.3 Å². The van der Waals surface area contributed by atoms with Gasteiger partial charge in [-0.05, 0) is 23.6 Å². The summed E-state index contributed by atoms with van der Waals surface area (Å²) >= 11 is 5.89. The maximum absolute atomic E-state index is 13.0. The molecule has 13 heteroatoms. The SMILES string of the molecule is O=C(Nc1cccc([N+](=O)[O-])c1)c1cc2ccccc2c(N=Nc2cc(Cl)cc([N+](=O)[O-])c2O)c1O. The van der Waals surface area contributed by atoms with Crippen LogP contribution < -0.4 is 5.32 Å². The number of nitro groups is 2. The molecule has 0 fully saturated rings. The number of benzene rings is 4. The minimum atomic E-state index is -0.841. The highest BCUT2D eigenvalue weighted by atomic mass is 35.5. The Bertz CT molecular complexity index is 1590. The van der Waals surface area contributed by atoms with Crippen LogP contribution in [0, 0.1) is 20.2 Å². The van der Waals surface area contributed by atoms with Crippen molar-refractivity contribution in [2.75, 3.05) is 5.32 Å². The Morgan fingerprint density at radius 1 is 0.889 bits per heavy atom. The lowest BCUT2D eigenvalue weighted by Gasteiger charge is -2.11. The number of azo groups is 1. The van der Waals surface area contributed by atoms with Gasteiger partial charge in [0, 0.05) is 34.3 Å². The highest BCUT2D eigenvalue weighted by Crippen LogP contribution is 2.43. The van der Waals surface area contributed by atoms with E-state index < -0.39 is 32.9 Å². The third-order valence-electron chi connectivity index (χ3n) is 5.04. The Morgan fingerprint density at radius 3 is 2.36 bits per heavy atom. The predicted octanol–water partition coefficient (Wildman–Crippen LogP) is 6.39. The molecule has 0 aliphatic rings. The zero-order chi connectivity index (χ0) is 26.0. The van der Waals surface area contributed by atoms with Gasteiger partial charge in [-0.3, -0.25) is 25.0 Å². The summed E-state index contributed by atoms with van der Waals surface area (Å²) in [5.74, 6) is -2.13. The Hall–Kier alpha value is -5.10. The number of phenols is 2. The first-order chi connectivity index (χ1) is 17.2. The van der Waals surface area contributed by atoms with E-state index >= 15 is 0 Å². The predicted molar refractivity (Wildman–Crippen MR) is 131 cm³/mol. The molecule has 0 atom stereocenters. The van der Waals surface area contributed by atoms with Gasteiger partial charge in [-0.15, -0.1) is 10.2 Å². The number of hydrogen-bond acceptors (Lipinski definition) is 9. The molecule has 0 aliphatic heterocycles. The molecule has 0 aliphatic carbocycles. The van der Waals surface area contributed by atoms with Crippen LogP contribution in [0.15, 0.2) is 77.0 Å². The van der Waals surface area contributed by atoms with Crippen LogP contribution >= 0.6 is 11.6 Å². The van der Waals surface area contributed by atoms with Crippen LogP contribution in [-0.2, 0) is 0 Å². The molecule has 0 spiro atoms. The monoisotopic (exact) mass is 507 g/mol. The smallest absolute Gasteiger partial charge is 0.314 e. The van der Waals surface area contributed by atoms with Crippen LogP contribution in [0.5, 0.6) is 11.5 Å². The second-order valence-corrected chi connectivity index (χ2v) is 7.79. The summed E-state index contributed by atoms with van der Waals surface area (Å²) in [6.07, 6.45) is 0. The molecular formula is C23H14ClN5O7. The number of phenolic OH excluding ortho intramolecular Hbond substituents is 2. The maximum Gasteiger partial charge on any atom is 0.314 e. The molecule has 1 amide bonds. The molecule has 180 valence electrons. The number of anilines is 1. The number of nitrogens with zero attached hydrogens (tertiary/aromatic N) is 4. The van der Waals surface area contributed by atoms with Crippen LogP contribution in [-0.4, -0.2) is 26.0 Å². The molecule has 0 aromatic heterocycles. The summed E-state index contributed by atoms with van der Waals surface area (Å²) in [6, 6.07) is 15.3. The number of nitrogens with one attached hydrogen (secondary N) is 1. The number of amides is 1. The van der Waals surface area contributed by atoms with Crippen molar-refractivity contribution in [2.45, 2.75) is 0 Å². The molecule has 0 radical (unpaired) electrons. The number of non-ortho nitro benzene ring substituents is 1. The molecule has 4 aromatic rings. The fraction of sp³-hybridized carbons (Fsp3) is 0. The van der Waals surface area contributed by atoms with E-state index in [1.165, 1.54) is 24.3 Å². The Kier molecular flexibility index (Phi) is 6.44. The van der Waals surface area contributed by atoms with Gasteiger partial charge in [0.05, 0.1) is 15.4 Å². The lowest BCUT2D eigenvalue weighted by Crippen LogP contribution is -2.12. The number of hydrogen-bond donors (Lipinski definition) is 3. The average Bonchev–Trinajstić information content (AvgIpc) is 2.84. The van der Waals surface area contributed by atoms with Crippen LogP contribution in [0.1, 0.15) is 10.4 Å². The Labute approximate surface area is 206 Å². The minimum Gasteiger partial charge on any atom is -0.505 e. The van der Waals surface area contributed by atoms with Crippen molar-refractivity contribution in [3.63, 3.8) is 0 Å². The highest BCUT2D eigenvalue weighted by molar-refractivity contribution is 6.31. The summed E-state index contributed by atoms with van der Waals surface area (Å²) in [7, 11) is 0. The topological polar surface area (TPSA) is 181 Å². The summed E-state index contributed by atoms with van der Waals surface area (Å²) in [6.45, 7) is 0. The lowest BCUT2D eigenvalue weighted by molar-refractivity contribution is -0.385. The van der Waals surface area contributed by atoms with Crippen LogP contribution in [0.3, 0.4) is 0 Å². The van der Waals surface area contributed by atoms with Gasteiger partial charge in [-0.2, -0.15) is 0 Å². The van der Waals surface area contributed by atoms with Crippen molar-refractivity contribution in [2.24, 2.45) is 10.2 Å². The lowest BCUT2D eigenvalue weighted by atomic mass is 10.0. The first-order valence-corrected chi connectivity index (χ1v) is 10.4. The van der Waals surface area contributed by atoms with Crippen LogP contribution in [0.25, 0.3) is 10.8 Å². The second-order valence-electron chi connectivity index (χ2n) is 7.35. The van der Waals surface area contributed by atoms with Crippen molar-refractivity contribution in [1.29, 1.82) is 0 Å². The third-order valence-corrected chi connectivity index (χ3v) is 5.26. The quantitative estimate of drug-likeness (QED) is 0.153. The molecule has 4 rings (SSSR count). The fourth-order valence-corrected chi connectivity index (χ4v) is 3.58. The van der Waals surface area contributed by atoms with Gasteiger partial charge in [-0.1, -0.05) is 41.9 Å². The molecule has 12 nitrogen and oxygen atoms in total. The van der Waals surface area contributed by atoms with E-state index in [0.29, 0.717) is 10.8 Å². The van der Waals surface area contributed by atoms with E-state index in [4.69, 9.17) is 11.6 Å². The number of rotatable bonds is 6. The van der Waals surface area contributed by atoms with E-state index in [2.05, 4.69) is 15.5 Å². The highest BCUT2D eigenvalue weighted by Gasteiger charge is 2.21. The fourth-order valence-electron chi connectivity index (χ4n) is 3.38. The van der Waals surface area contributed by atoms with Crippen molar-refractivity contribution in [3.05, 3.63) is 97.5 Å². The van der Waals surface area contributed by atoms with E-state index in [1.807, 2.05) is 0 Å². The largest absolute Gasteiger partial charge is 0.505 e. The summed E-state index contributed by atoms with van der Waals surface area (Å²) in [4.78, 5) is 33.7. The normalized spacial score (nSPS) is 11.0. The molecule has 0 unspecified atom stereocenters. The molecule has 0 heterocycles. The average molecular weight is 508 g/mol. The molecule has 3 N–H and O–H groups in total. The van der Waals surface area contributed by atoms with Gasteiger partial charge < -0.3 is 15.5 Å². The standard InChI is InChI=1S/C23H14ClN5O7/c24-13-9-18(22(31)19(10-13)29(35)36)26-27-20-16-7-2-1-4-12(16)8-17(21(20)30)23(32)25-14-5-3-6-15(11-14)28(33)34/h1-11,30-31H,(H,25,32). The number of aromatic hydroxyl groups is 2. The number of fused-ring (bicyclic) bond motifs is 1.